The number of aliphatic carboxylic acids is 1. The van der Waals surface area contributed by atoms with Gasteiger partial charge in [-0.2, -0.15) is 0 Å². The molecule has 1 fully saturated rings. The van der Waals surface area contributed by atoms with Gasteiger partial charge in [0, 0.05) is 11.2 Å². The third-order valence-electron chi connectivity index (χ3n) is 6.36. The van der Waals surface area contributed by atoms with E-state index in [1.807, 2.05) is 13.0 Å². The summed E-state index contributed by atoms with van der Waals surface area (Å²) in [6.07, 6.45) is 1.92. The number of anilines is 1. The minimum atomic E-state index is -1.55. The van der Waals surface area contributed by atoms with Crippen LogP contribution in [-0.4, -0.2) is 40.7 Å². The molecule has 3 amide bonds. The predicted molar refractivity (Wildman–Crippen MR) is 135 cm³/mol. The van der Waals surface area contributed by atoms with Crippen molar-refractivity contribution in [3.05, 3.63) is 58.6 Å². The number of rotatable bonds is 8. The van der Waals surface area contributed by atoms with Crippen LogP contribution in [0.4, 0.5) is 10.5 Å². The number of primary amides is 1. The number of nitrogens with one attached hydrogen (secondary N) is 1. The molecule has 4 N–H and O–H groups in total. The van der Waals surface area contributed by atoms with Gasteiger partial charge in [-0.3, -0.25) is 14.5 Å². The van der Waals surface area contributed by atoms with Crippen molar-refractivity contribution >= 4 is 46.8 Å². The van der Waals surface area contributed by atoms with Crippen LogP contribution in [0, 0.1) is 5.92 Å². The fourth-order valence-corrected chi connectivity index (χ4v) is 4.48. The Hall–Kier alpha value is -2.97. The molecule has 0 aliphatic heterocycles. The van der Waals surface area contributed by atoms with Crippen molar-refractivity contribution in [2.75, 3.05) is 11.4 Å². The lowest BCUT2D eigenvalue weighted by molar-refractivity contribution is -0.143. The predicted octanol–water partition coefficient (Wildman–Crippen LogP) is 4.87. The number of amides is 3. The highest BCUT2D eigenvalue weighted by molar-refractivity contribution is 6.42. The van der Waals surface area contributed by atoms with E-state index in [9.17, 15) is 19.5 Å². The molecule has 0 radical (unpaired) electrons. The van der Waals surface area contributed by atoms with E-state index in [1.165, 1.54) is 17.0 Å². The molecule has 10 heteroatoms. The van der Waals surface area contributed by atoms with E-state index in [2.05, 4.69) is 5.32 Å². The van der Waals surface area contributed by atoms with Crippen molar-refractivity contribution in [1.82, 2.24) is 5.32 Å². The van der Waals surface area contributed by atoms with Gasteiger partial charge in [0.2, 0.25) is 5.60 Å². The molecule has 2 aromatic carbocycles. The molecule has 0 spiro atoms. The van der Waals surface area contributed by atoms with E-state index in [4.69, 9.17) is 33.7 Å². The SMILES string of the molecule is CC1(NC(=O)C(C)(CN(C(N)=O)c2ccc(Cl)c(Cl)c2)Oc2ccccc2)CCC(C(=O)O)CC1. The topological polar surface area (TPSA) is 122 Å². The molecule has 0 aromatic heterocycles. The van der Waals surface area contributed by atoms with Crippen LogP contribution in [0.5, 0.6) is 5.75 Å². The Labute approximate surface area is 214 Å². The van der Waals surface area contributed by atoms with Crippen LogP contribution in [0.2, 0.25) is 10.0 Å². The number of ether oxygens (including phenoxy) is 1. The lowest BCUT2D eigenvalue weighted by Gasteiger charge is -2.41. The van der Waals surface area contributed by atoms with Crippen LogP contribution in [0.1, 0.15) is 39.5 Å². The van der Waals surface area contributed by atoms with E-state index in [0.29, 0.717) is 42.1 Å². The molecule has 8 nitrogen and oxygen atoms in total. The molecule has 0 saturated heterocycles. The first-order chi connectivity index (χ1) is 16.4. The van der Waals surface area contributed by atoms with Gasteiger partial charge < -0.3 is 20.9 Å². The zero-order valence-corrected chi connectivity index (χ0v) is 21.1. The fourth-order valence-electron chi connectivity index (χ4n) is 4.18. The third-order valence-corrected chi connectivity index (χ3v) is 7.10. The number of carboxylic acid groups (broad SMARTS) is 1. The Morgan fingerprint density at radius 3 is 2.31 bits per heavy atom. The van der Waals surface area contributed by atoms with Gasteiger partial charge in [-0.05, 0) is 69.9 Å². The number of para-hydroxylation sites is 1. The fraction of sp³-hybridized carbons (Fsp3) is 0.400. The molecular weight excluding hydrogens is 493 g/mol. The maximum Gasteiger partial charge on any atom is 0.319 e. The second kappa shape index (κ2) is 10.7. The van der Waals surface area contributed by atoms with Gasteiger partial charge in [0.25, 0.3) is 5.91 Å². The van der Waals surface area contributed by atoms with Crippen LogP contribution >= 0.6 is 23.2 Å². The summed E-state index contributed by atoms with van der Waals surface area (Å²) in [5, 5.41) is 12.9. The number of carbonyl (C=O) groups excluding carboxylic acids is 2. The second-order valence-corrected chi connectivity index (χ2v) is 10.1. The monoisotopic (exact) mass is 521 g/mol. The van der Waals surface area contributed by atoms with E-state index in [0.717, 1.165) is 0 Å². The van der Waals surface area contributed by atoms with Crippen LogP contribution in [0.15, 0.2) is 48.5 Å². The number of nitrogens with zero attached hydrogens (tertiary/aromatic N) is 1. The molecule has 1 unspecified atom stereocenters. The highest BCUT2D eigenvalue weighted by atomic mass is 35.5. The molecule has 1 atom stereocenters. The summed E-state index contributed by atoms with van der Waals surface area (Å²) < 4.78 is 6.15. The number of urea groups is 1. The number of carbonyl (C=O) groups is 3. The standard InChI is InChI=1S/C25H29Cl2N3O5/c1-24(12-10-16(11-13-24)21(31)32)29-22(33)25(2,35-18-6-4-3-5-7-18)15-30(23(28)34)17-8-9-19(26)20(27)14-17/h3-9,14,16H,10-13,15H2,1-2H3,(H2,28,34)(H,29,33)(H,31,32). The van der Waals surface area contributed by atoms with Gasteiger partial charge in [0.1, 0.15) is 5.75 Å². The van der Waals surface area contributed by atoms with Gasteiger partial charge in [-0.15, -0.1) is 0 Å². The van der Waals surface area contributed by atoms with Crippen molar-refractivity contribution in [2.24, 2.45) is 11.7 Å². The Morgan fingerprint density at radius 1 is 1.14 bits per heavy atom. The van der Waals surface area contributed by atoms with Gasteiger partial charge in [0.15, 0.2) is 0 Å². The summed E-state index contributed by atoms with van der Waals surface area (Å²) in [6, 6.07) is 12.6. The van der Waals surface area contributed by atoms with E-state index in [-0.39, 0.29) is 11.6 Å². The largest absolute Gasteiger partial charge is 0.481 e. The van der Waals surface area contributed by atoms with Gasteiger partial charge in [-0.25, -0.2) is 4.79 Å². The second-order valence-electron chi connectivity index (χ2n) is 9.30. The molecule has 188 valence electrons. The minimum Gasteiger partial charge on any atom is -0.481 e. The number of nitrogens with two attached hydrogens (primary N) is 1. The van der Waals surface area contributed by atoms with Crippen molar-refractivity contribution in [1.29, 1.82) is 0 Å². The quantitative estimate of drug-likeness (QED) is 0.457. The summed E-state index contributed by atoms with van der Waals surface area (Å²) in [5.74, 6) is -1.27. The van der Waals surface area contributed by atoms with Gasteiger partial charge in [0.05, 0.1) is 22.5 Å². The van der Waals surface area contributed by atoms with Gasteiger partial charge in [-0.1, -0.05) is 41.4 Å². The maximum atomic E-state index is 13.7. The molecule has 3 rings (SSSR count). The summed E-state index contributed by atoms with van der Waals surface area (Å²) >= 11 is 12.2. The van der Waals surface area contributed by atoms with Crippen LogP contribution in [0.25, 0.3) is 0 Å². The lowest BCUT2D eigenvalue weighted by atomic mass is 9.77. The van der Waals surface area contributed by atoms with Crippen molar-refractivity contribution < 1.29 is 24.2 Å². The Morgan fingerprint density at radius 2 is 1.77 bits per heavy atom. The normalized spacial score (nSPS) is 21.4. The first-order valence-corrected chi connectivity index (χ1v) is 12.0. The summed E-state index contributed by atoms with van der Waals surface area (Å²) in [4.78, 5) is 38.7. The molecule has 0 heterocycles. The lowest BCUT2D eigenvalue weighted by Crippen LogP contribution is -2.62. The maximum absolute atomic E-state index is 13.7. The number of hydrogen-bond donors (Lipinski definition) is 3. The number of carboxylic acids is 1. The van der Waals surface area contributed by atoms with Crippen molar-refractivity contribution in [3.8, 4) is 5.75 Å². The van der Waals surface area contributed by atoms with E-state index >= 15 is 0 Å². The highest BCUT2D eigenvalue weighted by Gasteiger charge is 2.44. The van der Waals surface area contributed by atoms with E-state index < -0.39 is 35.0 Å². The Bertz CT molecular complexity index is 1090. The smallest absolute Gasteiger partial charge is 0.319 e. The average Bonchev–Trinajstić information content (AvgIpc) is 2.80. The number of hydrogen-bond acceptors (Lipinski definition) is 4. The summed E-state index contributed by atoms with van der Waals surface area (Å²) in [5.41, 5.74) is 3.87. The molecule has 1 aliphatic rings. The molecule has 1 aliphatic carbocycles. The minimum absolute atomic E-state index is 0.213. The average molecular weight is 522 g/mol. The Kier molecular flexibility index (Phi) is 8.18. The summed E-state index contributed by atoms with van der Waals surface area (Å²) in [7, 11) is 0. The molecule has 2 aromatic rings. The zero-order chi connectivity index (χ0) is 25.8. The number of halogens is 2. The Balaban J connectivity index is 1.89. The van der Waals surface area contributed by atoms with Crippen molar-refractivity contribution in [3.63, 3.8) is 0 Å². The van der Waals surface area contributed by atoms with E-state index in [1.54, 1.807) is 37.3 Å². The molecular formula is C25H29Cl2N3O5. The third kappa shape index (κ3) is 6.58. The van der Waals surface area contributed by atoms with Crippen LogP contribution in [-0.2, 0) is 9.59 Å². The molecule has 0 bridgehead atoms. The highest BCUT2D eigenvalue weighted by Crippen LogP contribution is 2.34. The van der Waals surface area contributed by atoms with Crippen LogP contribution < -0.4 is 20.7 Å². The molecule has 35 heavy (non-hydrogen) atoms. The summed E-state index contributed by atoms with van der Waals surface area (Å²) in [6.45, 7) is 3.25. The first kappa shape index (κ1) is 26.6. The molecule has 1 saturated carbocycles. The first-order valence-electron chi connectivity index (χ1n) is 11.2. The number of benzene rings is 2. The van der Waals surface area contributed by atoms with Crippen LogP contribution in [0.3, 0.4) is 0 Å². The zero-order valence-electron chi connectivity index (χ0n) is 19.6. The van der Waals surface area contributed by atoms with Crippen molar-refractivity contribution in [2.45, 2.75) is 50.7 Å². The van der Waals surface area contributed by atoms with Gasteiger partial charge >= 0.3 is 12.0 Å².